The zero-order chi connectivity index (χ0) is 11.1. The molecular weight excluding hydrogens is 200 g/mol. The van der Waals surface area contributed by atoms with Gasteiger partial charge in [-0.25, -0.2) is 9.59 Å². The van der Waals surface area contributed by atoms with Crippen molar-refractivity contribution in [1.82, 2.24) is 0 Å². The lowest BCUT2D eigenvalue weighted by Gasteiger charge is -2.11. The first-order valence-electron chi connectivity index (χ1n) is 4.57. The number of hydrogen-bond donors (Lipinski definition) is 1. The molecule has 2 atom stereocenters. The molecule has 1 fully saturated rings. The summed E-state index contributed by atoms with van der Waals surface area (Å²) in [6, 6.07) is 0. The molecule has 1 saturated heterocycles. The van der Waals surface area contributed by atoms with E-state index in [9.17, 15) is 9.59 Å². The van der Waals surface area contributed by atoms with Gasteiger partial charge < -0.3 is 14.6 Å². The Bertz CT molecular complexity index is 383. The summed E-state index contributed by atoms with van der Waals surface area (Å²) in [6.07, 6.45) is 5.88. The third-order valence-corrected chi connectivity index (χ3v) is 2.50. The lowest BCUT2D eigenvalue weighted by Crippen LogP contribution is -2.39. The topological polar surface area (TPSA) is 76.1 Å². The third-order valence-electron chi connectivity index (χ3n) is 2.50. The van der Waals surface area contributed by atoms with Crippen LogP contribution < -0.4 is 0 Å². The van der Waals surface area contributed by atoms with Gasteiger partial charge in [0.15, 0.2) is 0 Å². The number of carboxylic acid groups (broad SMARTS) is 1. The predicted octanol–water partition coefficient (Wildman–Crippen LogP) is 0.268. The monoisotopic (exact) mass is 210 g/mol. The first-order chi connectivity index (χ1) is 7.09. The third kappa shape index (κ3) is 1.07. The molecule has 0 aromatic heterocycles. The fraction of sp³-hybridized carbons (Fsp3) is 0.400. The van der Waals surface area contributed by atoms with Crippen LogP contribution in [0.5, 0.6) is 0 Å². The Balaban J connectivity index is 2.32. The van der Waals surface area contributed by atoms with Crippen molar-refractivity contribution in [3.05, 3.63) is 24.3 Å². The Kier molecular flexibility index (Phi) is 1.94. The molecule has 0 spiro atoms. The molecule has 5 nitrogen and oxygen atoms in total. The molecule has 15 heavy (non-hydrogen) atoms. The number of aliphatic carboxylic acids is 1. The van der Waals surface area contributed by atoms with Gasteiger partial charge in [0, 0.05) is 0 Å². The van der Waals surface area contributed by atoms with Gasteiger partial charge in [-0.3, -0.25) is 0 Å². The summed E-state index contributed by atoms with van der Waals surface area (Å²) >= 11 is 0. The highest BCUT2D eigenvalue weighted by molar-refractivity contribution is 6.01. The average Bonchev–Trinajstić information content (AvgIpc) is 2.90. The molecule has 0 bridgehead atoms. The number of hydrogen-bond acceptors (Lipinski definition) is 4. The van der Waals surface area contributed by atoms with Crippen LogP contribution in [0.15, 0.2) is 24.3 Å². The van der Waals surface area contributed by atoms with Crippen molar-refractivity contribution in [3.63, 3.8) is 0 Å². The van der Waals surface area contributed by atoms with E-state index >= 15 is 0 Å². The number of epoxide rings is 1. The Labute approximate surface area is 86.0 Å². The maximum Gasteiger partial charge on any atom is 0.346 e. The van der Waals surface area contributed by atoms with Crippen LogP contribution >= 0.6 is 0 Å². The normalized spacial score (nSPS) is 35.8. The van der Waals surface area contributed by atoms with E-state index in [1.807, 2.05) is 0 Å². The quantitative estimate of drug-likeness (QED) is 0.534. The van der Waals surface area contributed by atoms with E-state index in [2.05, 4.69) is 0 Å². The van der Waals surface area contributed by atoms with Crippen molar-refractivity contribution in [2.75, 3.05) is 6.61 Å². The minimum atomic E-state index is -1.56. The van der Waals surface area contributed by atoms with Gasteiger partial charge in [0.25, 0.3) is 0 Å². The number of ether oxygens (including phenoxy) is 2. The van der Waals surface area contributed by atoms with Gasteiger partial charge >= 0.3 is 11.9 Å². The summed E-state index contributed by atoms with van der Waals surface area (Å²) in [6.45, 7) is 1.85. The molecule has 0 amide bonds. The maximum atomic E-state index is 11.6. The lowest BCUT2D eigenvalue weighted by molar-refractivity contribution is -0.148. The summed E-state index contributed by atoms with van der Waals surface area (Å²) in [5, 5.41) is 9.00. The van der Waals surface area contributed by atoms with Gasteiger partial charge in [-0.05, 0) is 19.1 Å². The molecular formula is C10H10O5. The molecule has 0 aromatic carbocycles. The van der Waals surface area contributed by atoms with E-state index in [0.29, 0.717) is 0 Å². The molecule has 1 N–H and O–H groups in total. The molecule has 0 radical (unpaired) electrons. The summed E-state index contributed by atoms with van der Waals surface area (Å²) in [5.74, 6) is -1.84. The number of esters is 1. The Morgan fingerprint density at radius 3 is 2.47 bits per heavy atom. The Morgan fingerprint density at radius 1 is 1.33 bits per heavy atom. The number of carbonyl (C=O) groups is 2. The fourth-order valence-electron chi connectivity index (χ4n) is 1.70. The maximum absolute atomic E-state index is 11.6. The van der Waals surface area contributed by atoms with E-state index in [4.69, 9.17) is 14.6 Å². The van der Waals surface area contributed by atoms with Gasteiger partial charge in [-0.15, -0.1) is 0 Å². The van der Waals surface area contributed by atoms with E-state index < -0.39 is 23.1 Å². The first kappa shape index (κ1) is 9.92. The number of carbonyl (C=O) groups excluding carboxylic acids is 1. The second-order valence-corrected chi connectivity index (χ2v) is 3.32. The van der Waals surface area contributed by atoms with E-state index in [0.717, 1.165) is 0 Å². The highest BCUT2D eigenvalue weighted by Crippen LogP contribution is 2.53. The van der Waals surface area contributed by atoms with Crippen molar-refractivity contribution in [2.24, 2.45) is 0 Å². The van der Waals surface area contributed by atoms with Gasteiger partial charge in [0.2, 0.25) is 11.2 Å². The Hall–Kier alpha value is -1.62. The van der Waals surface area contributed by atoms with Crippen LogP contribution in [0, 0.1) is 0 Å². The highest BCUT2D eigenvalue weighted by atomic mass is 16.7. The number of fused-ring (bicyclic) bond motifs is 1. The molecule has 0 aromatic rings. The van der Waals surface area contributed by atoms with Crippen molar-refractivity contribution in [1.29, 1.82) is 0 Å². The summed E-state index contributed by atoms with van der Waals surface area (Å²) in [5.41, 5.74) is -3.02. The second kappa shape index (κ2) is 2.93. The van der Waals surface area contributed by atoms with Crippen LogP contribution in [0.2, 0.25) is 0 Å². The summed E-state index contributed by atoms with van der Waals surface area (Å²) in [7, 11) is 0. The molecule has 0 saturated carbocycles. The molecule has 1 aliphatic heterocycles. The molecule has 2 rings (SSSR count). The highest BCUT2D eigenvalue weighted by Gasteiger charge is 2.79. The van der Waals surface area contributed by atoms with Crippen molar-refractivity contribution < 1.29 is 24.2 Å². The predicted molar refractivity (Wildman–Crippen MR) is 49.1 cm³/mol. The standard InChI is InChI=1S/C10H10O5/c1-2-14-8(13)10-6-4-3-5-9(10,15-10)7(11)12/h3-6H,2H2,1H3,(H,11,12). The summed E-state index contributed by atoms with van der Waals surface area (Å²) in [4.78, 5) is 22.6. The van der Waals surface area contributed by atoms with Crippen molar-refractivity contribution >= 4 is 11.9 Å². The van der Waals surface area contributed by atoms with E-state index in [-0.39, 0.29) is 6.61 Å². The van der Waals surface area contributed by atoms with Gasteiger partial charge in [0.05, 0.1) is 6.61 Å². The van der Waals surface area contributed by atoms with Crippen molar-refractivity contribution in [2.45, 2.75) is 18.1 Å². The molecule has 80 valence electrons. The SMILES string of the molecule is CCOC(=O)C12C=CC=CC1(C(=O)O)O2. The second-order valence-electron chi connectivity index (χ2n) is 3.32. The number of rotatable bonds is 3. The van der Waals surface area contributed by atoms with Crippen molar-refractivity contribution in [3.8, 4) is 0 Å². The van der Waals surface area contributed by atoms with Gasteiger partial charge in [-0.1, -0.05) is 12.2 Å². The smallest absolute Gasteiger partial charge is 0.346 e. The molecule has 2 unspecified atom stereocenters. The zero-order valence-corrected chi connectivity index (χ0v) is 8.10. The van der Waals surface area contributed by atoms with Gasteiger partial charge in [-0.2, -0.15) is 0 Å². The summed E-state index contributed by atoms with van der Waals surface area (Å²) < 4.78 is 9.87. The molecule has 1 aliphatic carbocycles. The zero-order valence-electron chi connectivity index (χ0n) is 8.10. The largest absolute Gasteiger partial charge is 0.479 e. The van der Waals surface area contributed by atoms with Crippen LogP contribution in [0.1, 0.15) is 6.92 Å². The first-order valence-corrected chi connectivity index (χ1v) is 4.57. The van der Waals surface area contributed by atoms with Crippen LogP contribution in [0.25, 0.3) is 0 Å². The minimum absolute atomic E-state index is 0.192. The van der Waals surface area contributed by atoms with Gasteiger partial charge in [0.1, 0.15) is 0 Å². The Morgan fingerprint density at radius 2 is 1.93 bits per heavy atom. The van der Waals surface area contributed by atoms with Crippen LogP contribution in [0.4, 0.5) is 0 Å². The average molecular weight is 210 g/mol. The molecule has 1 heterocycles. The fourth-order valence-corrected chi connectivity index (χ4v) is 1.70. The molecule has 5 heteroatoms. The van der Waals surface area contributed by atoms with E-state index in [1.165, 1.54) is 12.2 Å². The van der Waals surface area contributed by atoms with E-state index in [1.54, 1.807) is 19.1 Å². The van der Waals surface area contributed by atoms with Crippen LogP contribution in [-0.2, 0) is 19.1 Å². The minimum Gasteiger partial charge on any atom is -0.479 e. The van der Waals surface area contributed by atoms with Crippen LogP contribution in [-0.4, -0.2) is 34.9 Å². The number of allylic oxidation sites excluding steroid dienone is 2. The van der Waals surface area contributed by atoms with Crippen LogP contribution in [0.3, 0.4) is 0 Å². The lowest BCUT2D eigenvalue weighted by atomic mass is 9.88. The molecule has 2 aliphatic rings. The number of carboxylic acids is 1.